The van der Waals surface area contributed by atoms with Crippen molar-refractivity contribution in [1.82, 2.24) is 10.6 Å². The van der Waals surface area contributed by atoms with Gasteiger partial charge in [-0.25, -0.2) is 0 Å². The Morgan fingerprint density at radius 3 is 2.12 bits per heavy atom. The molecule has 1 aliphatic carbocycles. The van der Waals surface area contributed by atoms with E-state index in [4.69, 9.17) is 0 Å². The molecule has 0 aromatic carbocycles. The van der Waals surface area contributed by atoms with Crippen LogP contribution in [0, 0.1) is 0 Å². The Bertz CT molecular complexity index is 76.6. The fourth-order valence-corrected chi connectivity index (χ4v) is 1.00. The summed E-state index contributed by atoms with van der Waals surface area (Å²) in [5.41, 5.74) is 0.481. The zero-order chi connectivity index (χ0) is 6.04. The molecule has 1 rings (SSSR count). The van der Waals surface area contributed by atoms with Gasteiger partial charge in [-0.2, -0.15) is 0 Å². The van der Waals surface area contributed by atoms with Crippen LogP contribution in [0.1, 0.15) is 12.8 Å². The van der Waals surface area contributed by atoms with Gasteiger partial charge in [0.05, 0.1) is 0 Å². The standard InChI is InChI=1S/C6H14N2/c1-7-5-6(8-2)3-4-6/h7-8H,3-5H2,1-2H3. The molecular formula is C6H14N2. The molecule has 2 N–H and O–H groups in total. The molecule has 0 amide bonds. The van der Waals surface area contributed by atoms with Gasteiger partial charge in [-0.15, -0.1) is 0 Å². The van der Waals surface area contributed by atoms with Crippen LogP contribution in [0.4, 0.5) is 0 Å². The van der Waals surface area contributed by atoms with Crippen LogP contribution < -0.4 is 10.6 Å². The third kappa shape index (κ3) is 1.01. The molecule has 1 fully saturated rings. The average Bonchev–Trinajstić information content (AvgIpc) is 2.50. The number of rotatable bonds is 3. The monoisotopic (exact) mass is 114 g/mol. The van der Waals surface area contributed by atoms with Crippen LogP contribution in [0.2, 0.25) is 0 Å². The first kappa shape index (κ1) is 6.05. The molecule has 0 spiro atoms. The molecule has 0 unspecified atom stereocenters. The lowest BCUT2D eigenvalue weighted by Gasteiger charge is -2.11. The summed E-state index contributed by atoms with van der Waals surface area (Å²) < 4.78 is 0. The second kappa shape index (κ2) is 2.03. The van der Waals surface area contributed by atoms with Gasteiger partial charge in [0.15, 0.2) is 0 Å². The number of nitrogens with one attached hydrogen (secondary N) is 2. The highest BCUT2D eigenvalue weighted by atomic mass is 15.0. The smallest absolute Gasteiger partial charge is 0.0304 e. The third-order valence-electron chi connectivity index (χ3n) is 1.90. The summed E-state index contributed by atoms with van der Waals surface area (Å²) in [5.74, 6) is 0. The molecule has 0 radical (unpaired) electrons. The Morgan fingerprint density at radius 2 is 2.00 bits per heavy atom. The van der Waals surface area contributed by atoms with E-state index in [0.29, 0.717) is 5.54 Å². The van der Waals surface area contributed by atoms with Crippen molar-refractivity contribution in [3.8, 4) is 0 Å². The number of hydrogen-bond donors (Lipinski definition) is 2. The Labute approximate surface area is 50.7 Å². The minimum Gasteiger partial charge on any atom is -0.318 e. The van der Waals surface area contributed by atoms with Crippen molar-refractivity contribution in [2.45, 2.75) is 18.4 Å². The summed E-state index contributed by atoms with van der Waals surface area (Å²) in [5, 5.41) is 6.45. The predicted molar refractivity (Wildman–Crippen MR) is 35.0 cm³/mol. The summed E-state index contributed by atoms with van der Waals surface area (Å²) in [6, 6.07) is 0. The lowest BCUT2D eigenvalue weighted by Crippen LogP contribution is -2.37. The van der Waals surface area contributed by atoms with Crippen LogP contribution in [0.3, 0.4) is 0 Å². The highest BCUT2D eigenvalue weighted by Crippen LogP contribution is 2.33. The molecule has 48 valence electrons. The highest BCUT2D eigenvalue weighted by Gasteiger charge is 2.39. The van der Waals surface area contributed by atoms with E-state index < -0.39 is 0 Å². The van der Waals surface area contributed by atoms with Gasteiger partial charge in [0.1, 0.15) is 0 Å². The Hall–Kier alpha value is -0.0800. The van der Waals surface area contributed by atoms with Crippen molar-refractivity contribution < 1.29 is 0 Å². The maximum Gasteiger partial charge on any atom is 0.0304 e. The van der Waals surface area contributed by atoms with Crippen molar-refractivity contribution in [3.05, 3.63) is 0 Å². The largest absolute Gasteiger partial charge is 0.318 e. The molecule has 0 heterocycles. The summed E-state index contributed by atoms with van der Waals surface area (Å²) in [7, 11) is 4.03. The molecule has 2 nitrogen and oxygen atoms in total. The number of hydrogen-bond acceptors (Lipinski definition) is 2. The molecule has 0 saturated heterocycles. The molecular weight excluding hydrogens is 100 g/mol. The number of likely N-dealkylation sites (N-methyl/N-ethyl adjacent to an activating group) is 2. The minimum atomic E-state index is 0.481. The maximum atomic E-state index is 3.29. The van der Waals surface area contributed by atoms with Crippen molar-refractivity contribution in [3.63, 3.8) is 0 Å². The van der Waals surface area contributed by atoms with Crippen LogP contribution in [0.15, 0.2) is 0 Å². The molecule has 0 atom stereocenters. The average molecular weight is 114 g/mol. The summed E-state index contributed by atoms with van der Waals surface area (Å²) in [4.78, 5) is 0. The summed E-state index contributed by atoms with van der Waals surface area (Å²) in [6.07, 6.45) is 2.68. The molecule has 1 saturated carbocycles. The molecule has 8 heavy (non-hydrogen) atoms. The minimum absolute atomic E-state index is 0.481. The van der Waals surface area contributed by atoms with Crippen molar-refractivity contribution >= 4 is 0 Å². The lowest BCUT2D eigenvalue weighted by molar-refractivity contribution is 0.520. The third-order valence-corrected chi connectivity index (χ3v) is 1.90. The van der Waals surface area contributed by atoms with Crippen LogP contribution in [-0.4, -0.2) is 26.2 Å². The van der Waals surface area contributed by atoms with Crippen molar-refractivity contribution in [1.29, 1.82) is 0 Å². The van der Waals surface area contributed by atoms with Crippen LogP contribution in [0.25, 0.3) is 0 Å². The van der Waals surface area contributed by atoms with E-state index in [1.54, 1.807) is 0 Å². The molecule has 0 bridgehead atoms. The quantitative estimate of drug-likeness (QED) is 0.538. The molecule has 0 aromatic heterocycles. The second-order valence-corrected chi connectivity index (χ2v) is 2.56. The van der Waals surface area contributed by atoms with Gasteiger partial charge in [0, 0.05) is 12.1 Å². The normalized spacial score (nSPS) is 23.2. The lowest BCUT2D eigenvalue weighted by atomic mass is 10.3. The van der Waals surface area contributed by atoms with Gasteiger partial charge >= 0.3 is 0 Å². The van der Waals surface area contributed by atoms with E-state index in [1.165, 1.54) is 12.8 Å². The van der Waals surface area contributed by atoms with E-state index in [-0.39, 0.29) is 0 Å². The Morgan fingerprint density at radius 1 is 1.38 bits per heavy atom. The first-order valence-corrected chi connectivity index (χ1v) is 3.16. The van der Waals surface area contributed by atoms with Crippen LogP contribution >= 0.6 is 0 Å². The molecule has 1 aliphatic rings. The maximum absolute atomic E-state index is 3.29. The highest BCUT2D eigenvalue weighted by molar-refractivity contribution is 5.02. The van der Waals surface area contributed by atoms with Gasteiger partial charge in [-0.1, -0.05) is 0 Å². The van der Waals surface area contributed by atoms with E-state index in [9.17, 15) is 0 Å². The van der Waals surface area contributed by atoms with Crippen LogP contribution in [0.5, 0.6) is 0 Å². The molecule has 0 aliphatic heterocycles. The molecule has 2 heteroatoms. The fraction of sp³-hybridized carbons (Fsp3) is 1.00. The SMILES string of the molecule is CNCC1(NC)CC1. The fourth-order valence-electron chi connectivity index (χ4n) is 1.00. The van der Waals surface area contributed by atoms with Crippen molar-refractivity contribution in [2.24, 2.45) is 0 Å². The Kier molecular flexibility index (Phi) is 1.54. The predicted octanol–water partition coefficient (Wildman–Crippen LogP) is -0.0422. The summed E-state index contributed by atoms with van der Waals surface area (Å²) >= 11 is 0. The van der Waals surface area contributed by atoms with Gasteiger partial charge < -0.3 is 10.6 Å². The van der Waals surface area contributed by atoms with E-state index in [0.717, 1.165) is 6.54 Å². The topological polar surface area (TPSA) is 24.1 Å². The first-order chi connectivity index (χ1) is 3.83. The van der Waals surface area contributed by atoms with Crippen LogP contribution in [-0.2, 0) is 0 Å². The van der Waals surface area contributed by atoms with Gasteiger partial charge in [0.25, 0.3) is 0 Å². The van der Waals surface area contributed by atoms with E-state index in [1.807, 2.05) is 14.1 Å². The Balaban J connectivity index is 2.20. The van der Waals surface area contributed by atoms with Crippen molar-refractivity contribution in [2.75, 3.05) is 20.6 Å². The zero-order valence-electron chi connectivity index (χ0n) is 5.62. The van der Waals surface area contributed by atoms with Gasteiger partial charge in [-0.05, 0) is 26.9 Å². The zero-order valence-corrected chi connectivity index (χ0v) is 5.62. The molecule has 0 aromatic rings. The van der Waals surface area contributed by atoms with Gasteiger partial charge in [0.2, 0.25) is 0 Å². The first-order valence-electron chi connectivity index (χ1n) is 3.16. The van der Waals surface area contributed by atoms with E-state index >= 15 is 0 Å². The second-order valence-electron chi connectivity index (χ2n) is 2.56. The van der Waals surface area contributed by atoms with E-state index in [2.05, 4.69) is 10.6 Å². The summed E-state index contributed by atoms with van der Waals surface area (Å²) in [6.45, 7) is 1.11. The van der Waals surface area contributed by atoms with Gasteiger partial charge in [-0.3, -0.25) is 0 Å².